The van der Waals surface area contributed by atoms with E-state index in [9.17, 15) is 0 Å². The Bertz CT molecular complexity index is 866. The van der Waals surface area contributed by atoms with E-state index in [4.69, 9.17) is 9.47 Å². The van der Waals surface area contributed by atoms with E-state index in [-0.39, 0.29) is 6.10 Å². The quantitative estimate of drug-likeness (QED) is 0.331. The molecule has 3 rings (SSSR count). The van der Waals surface area contributed by atoms with Crippen molar-refractivity contribution in [3.63, 3.8) is 0 Å². The zero-order valence-electron chi connectivity index (χ0n) is 17.9. The number of benzene rings is 3. The molecule has 0 spiro atoms. The smallest absolute Gasteiger partial charge is 0.119 e. The minimum atomic E-state index is 0.125. The SMILES string of the molecule is CCCCOc1ccc(-c2ccccc2-c2ccc(C(C)OCCC)cc2)cc1. The normalized spacial score (nSPS) is 12.0. The largest absolute Gasteiger partial charge is 0.494 e. The summed E-state index contributed by atoms with van der Waals surface area (Å²) in [6.07, 6.45) is 3.40. The molecule has 0 bridgehead atoms. The highest BCUT2D eigenvalue weighted by Gasteiger charge is 2.09. The van der Waals surface area contributed by atoms with Crippen LogP contribution in [0.5, 0.6) is 5.75 Å². The molecule has 1 atom stereocenters. The first-order valence-corrected chi connectivity index (χ1v) is 10.8. The van der Waals surface area contributed by atoms with Crippen molar-refractivity contribution in [2.24, 2.45) is 0 Å². The summed E-state index contributed by atoms with van der Waals surface area (Å²) in [6.45, 7) is 8.00. The molecule has 0 amide bonds. The van der Waals surface area contributed by atoms with Gasteiger partial charge in [-0.1, -0.05) is 80.9 Å². The first kappa shape index (κ1) is 21.1. The molecule has 1 unspecified atom stereocenters. The predicted molar refractivity (Wildman–Crippen MR) is 122 cm³/mol. The van der Waals surface area contributed by atoms with Crippen LogP contribution in [0.1, 0.15) is 51.7 Å². The minimum Gasteiger partial charge on any atom is -0.494 e. The Morgan fingerprint density at radius 1 is 0.690 bits per heavy atom. The van der Waals surface area contributed by atoms with Crippen molar-refractivity contribution in [2.75, 3.05) is 13.2 Å². The average Bonchev–Trinajstić information content (AvgIpc) is 2.78. The topological polar surface area (TPSA) is 18.5 Å². The monoisotopic (exact) mass is 388 g/mol. The van der Waals surface area contributed by atoms with Crippen LogP contribution in [0, 0.1) is 0 Å². The van der Waals surface area contributed by atoms with Crippen molar-refractivity contribution in [2.45, 2.75) is 46.1 Å². The third-order valence-electron chi connectivity index (χ3n) is 5.12. The highest BCUT2D eigenvalue weighted by atomic mass is 16.5. The molecule has 0 heterocycles. The Kier molecular flexibility index (Phi) is 7.89. The fourth-order valence-electron chi connectivity index (χ4n) is 3.38. The molecule has 0 fully saturated rings. The summed E-state index contributed by atoms with van der Waals surface area (Å²) in [5.74, 6) is 0.935. The maximum Gasteiger partial charge on any atom is 0.119 e. The molecule has 0 N–H and O–H groups in total. The van der Waals surface area contributed by atoms with Gasteiger partial charge in [0.2, 0.25) is 0 Å². The minimum absolute atomic E-state index is 0.125. The molecule has 0 saturated heterocycles. The van der Waals surface area contributed by atoms with Crippen molar-refractivity contribution < 1.29 is 9.47 Å². The highest BCUT2D eigenvalue weighted by molar-refractivity contribution is 5.83. The first-order chi connectivity index (χ1) is 14.2. The molecular weight excluding hydrogens is 356 g/mol. The number of ether oxygens (including phenoxy) is 2. The second kappa shape index (κ2) is 10.8. The van der Waals surface area contributed by atoms with Crippen LogP contribution in [-0.4, -0.2) is 13.2 Å². The fourth-order valence-corrected chi connectivity index (χ4v) is 3.38. The van der Waals surface area contributed by atoms with E-state index in [1.165, 1.54) is 27.8 Å². The van der Waals surface area contributed by atoms with Gasteiger partial charge in [-0.05, 0) is 59.7 Å². The molecule has 3 aromatic rings. The van der Waals surface area contributed by atoms with Gasteiger partial charge in [-0.25, -0.2) is 0 Å². The summed E-state index contributed by atoms with van der Waals surface area (Å²) in [7, 11) is 0. The lowest BCUT2D eigenvalue weighted by Crippen LogP contribution is -2.00. The lowest BCUT2D eigenvalue weighted by Gasteiger charge is -2.15. The van der Waals surface area contributed by atoms with Crippen LogP contribution in [-0.2, 0) is 4.74 Å². The van der Waals surface area contributed by atoms with Crippen LogP contribution >= 0.6 is 0 Å². The van der Waals surface area contributed by atoms with Crippen LogP contribution < -0.4 is 4.74 Å². The van der Waals surface area contributed by atoms with Crippen molar-refractivity contribution in [1.29, 1.82) is 0 Å². The Balaban J connectivity index is 1.80. The van der Waals surface area contributed by atoms with Crippen LogP contribution in [0.3, 0.4) is 0 Å². The zero-order chi connectivity index (χ0) is 20.5. The van der Waals surface area contributed by atoms with Crippen LogP contribution in [0.4, 0.5) is 0 Å². The summed E-state index contributed by atoms with van der Waals surface area (Å²) in [4.78, 5) is 0. The van der Waals surface area contributed by atoms with Gasteiger partial charge in [-0.15, -0.1) is 0 Å². The first-order valence-electron chi connectivity index (χ1n) is 10.8. The molecule has 0 saturated carbocycles. The summed E-state index contributed by atoms with van der Waals surface area (Å²) >= 11 is 0. The lowest BCUT2D eigenvalue weighted by molar-refractivity contribution is 0.0663. The van der Waals surface area contributed by atoms with E-state index < -0.39 is 0 Å². The second-order valence-corrected chi connectivity index (χ2v) is 7.41. The van der Waals surface area contributed by atoms with Gasteiger partial charge in [0.25, 0.3) is 0 Å². The van der Waals surface area contributed by atoms with Gasteiger partial charge in [0.1, 0.15) is 5.75 Å². The van der Waals surface area contributed by atoms with Gasteiger partial charge >= 0.3 is 0 Å². The molecule has 0 aliphatic rings. The summed E-state index contributed by atoms with van der Waals surface area (Å²) in [5, 5.41) is 0. The van der Waals surface area contributed by atoms with E-state index in [2.05, 4.69) is 93.6 Å². The van der Waals surface area contributed by atoms with Crippen molar-refractivity contribution >= 4 is 0 Å². The maximum absolute atomic E-state index is 5.85. The standard InChI is InChI=1S/C27H32O2/c1-4-6-20-29-25-17-15-24(16-18-25)27-10-8-7-9-26(27)23-13-11-22(12-14-23)21(3)28-19-5-2/h7-18,21H,4-6,19-20H2,1-3H3. The zero-order valence-corrected chi connectivity index (χ0v) is 17.9. The van der Waals surface area contributed by atoms with Gasteiger partial charge in [0.15, 0.2) is 0 Å². The van der Waals surface area contributed by atoms with Gasteiger partial charge < -0.3 is 9.47 Å². The van der Waals surface area contributed by atoms with E-state index in [1.54, 1.807) is 0 Å². The van der Waals surface area contributed by atoms with Crippen molar-refractivity contribution in [1.82, 2.24) is 0 Å². The summed E-state index contributed by atoms with van der Waals surface area (Å²) in [5.41, 5.74) is 6.10. The predicted octanol–water partition coefficient (Wildman–Crippen LogP) is 7.69. The molecular formula is C27H32O2. The molecule has 0 aliphatic heterocycles. The molecule has 0 aliphatic carbocycles. The Morgan fingerprint density at radius 2 is 1.28 bits per heavy atom. The highest BCUT2D eigenvalue weighted by Crippen LogP contribution is 2.33. The second-order valence-electron chi connectivity index (χ2n) is 7.41. The van der Waals surface area contributed by atoms with Gasteiger partial charge in [-0.3, -0.25) is 0 Å². The van der Waals surface area contributed by atoms with E-state index in [1.807, 2.05) is 0 Å². The lowest BCUT2D eigenvalue weighted by atomic mass is 9.94. The number of rotatable bonds is 10. The molecule has 0 radical (unpaired) electrons. The number of hydrogen-bond donors (Lipinski definition) is 0. The molecule has 2 heteroatoms. The van der Waals surface area contributed by atoms with E-state index in [0.717, 1.165) is 38.2 Å². The average molecular weight is 389 g/mol. The third kappa shape index (κ3) is 5.71. The van der Waals surface area contributed by atoms with Gasteiger partial charge in [-0.2, -0.15) is 0 Å². The van der Waals surface area contributed by atoms with Gasteiger partial charge in [0, 0.05) is 6.61 Å². The van der Waals surface area contributed by atoms with Crippen LogP contribution in [0.2, 0.25) is 0 Å². The summed E-state index contributed by atoms with van der Waals surface area (Å²) in [6, 6.07) is 25.7. The Hall–Kier alpha value is -2.58. The Labute approximate surface area is 175 Å². The molecule has 29 heavy (non-hydrogen) atoms. The van der Waals surface area contributed by atoms with Crippen molar-refractivity contribution in [3.8, 4) is 28.0 Å². The molecule has 3 aromatic carbocycles. The van der Waals surface area contributed by atoms with Gasteiger partial charge in [0.05, 0.1) is 12.7 Å². The maximum atomic E-state index is 5.85. The van der Waals surface area contributed by atoms with Crippen molar-refractivity contribution in [3.05, 3.63) is 78.4 Å². The molecule has 152 valence electrons. The Morgan fingerprint density at radius 3 is 1.83 bits per heavy atom. The van der Waals surface area contributed by atoms with E-state index >= 15 is 0 Å². The van der Waals surface area contributed by atoms with Crippen LogP contribution in [0.25, 0.3) is 22.3 Å². The summed E-state index contributed by atoms with van der Waals surface area (Å²) < 4.78 is 11.7. The third-order valence-corrected chi connectivity index (χ3v) is 5.12. The molecule has 2 nitrogen and oxygen atoms in total. The number of hydrogen-bond acceptors (Lipinski definition) is 2. The van der Waals surface area contributed by atoms with E-state index in [0.29, 0.717) is 0 Å². The number of unbranched alkanes of at least 4 members (excludes halogenated alkanes) is 1. The fraction of sp³-hybridized carbons (Fsp3) is 0.333. The molecule has 0 aromatic heterocycles. The van der Waals surface area contributed by atoms with Crippen LogP contribution in [0.15, 0.2) is 72.8 Å².